The second-order valence-electron chi connectivity index (χ2n) is 2.08. The second-order valence-corrected chi connectivity index (χ2v) is 5.80. The molecule has 74 valence electrons. The Balaban J connectivity index is 0.000000223. The third-order valence-corrected chi connectivity index (χ3v) is 3.22. The number of alkyl halides is 1. The molecule has 13 heavy (non-hydrogen) atoms. The van der Waals surface area contributed by atoms with Gasteiger partial charge in [-0.05, 0) is 19.1 Å². The first-order valence-corrected chi connectivity index (χ1v) is 5.82. The molecule has 0 aliphatic carbocycles. The molecule has 0 fully saturated rings. The fourth-order valence-electron chi connectivity index (χ4n) is 0.313. The highest BCUT2D eigenvalue weighted by molar-refractivity contribution is 9.11. The minimum Gasteiger partial charge on any atom is -0.285 e. The lowest BCUT2D eigenvalue weighted by Gasteiger charge is -1.92. The molecule has 0 aliphatic rings. The maximum atomic E-state index is 9.84. The zero-order valence-electron chi connectivity index (χ0n) is 6.96. The monoisotopic (exact) mass is 267 g/mol. The highest BCUT2D eigenvalue weighted by Gasteiger charge is 2.10. The Morgan fingerprint density at radius 3 is 1.77 bits per heavy atom. The summed E-state index contributed by atoms with van der Waals surface area (Å²) in [7, 11) is -3.82. The first kappa shape index (κ1) is 12.5. The molecule has 6 heteroatoms. The summed E-state index contributed by atoms with van der Waals surface area (Å²) in [5.74, 6) is 0. The number of aromatic nitrogens is 1. The molecule has 1 heterocycles. The van der Waals surface area contributed by atoms with Gasteiger partial charge in [0.1, 0.15) is 4.16 Å². The number of nitrogens with zero attached hydrogens (tertiary/aromatic N) is 1. The van der Waals surface area contributed by atoms with Crippen molar-refractivity contribution in [2.45, 2.75) is 11.1 Å². The van der Waals surface area contributed by atoms with Gasteiger partial charge in [0.25, 0.3) is 10.1 Å². The van der Waals surface area contributed by atoms with Crippen LogP contribution in [0.4, 0.5) is 0 Å². The van der Waals surface area contributed by atoms with Crippen LogP contribution in [0.1, 0.15) is 6.92 Å². The lowest BCUT2D eigenvalue weighted by molar-refractivity contribution is 0.482. The lowest BCUT2D eigenvalue weighted by Crippen LogP contribution is -2.07. The van der Waals surface area contributed by atoms with Crippen LogP contribution in [0.25, 0.3) is 0 Å². The van der Waals surface area contributed by atoms with Gasteiger partial charge in [-0.25, -0.2) is 0 Å². The first-order valence-electron chi connectivity index (χ1n) is 3.40. The van der Waals surface area contributed by atoms with Crippen molar-refractivity contribution >= 4 is 26.0 Å². The third kappa shape index (κ3) is 7.89. The smallest absolute Gasteiger partial charge is 0.277 e. The number of pyridine rings is 1. The average molecular weight is 268 g/mol. The predicted molar refractivity (Wildman–Crippen MR) is 54.2 cm³/mol. The molecule has 0 saturated heterocycles. The highest BCUT2D eigenvalue weighted by atomic mass is 79.9. The van der Waals surface area contributed by atoms with Gasteiger partial charge in [-0.2, -0.15) is 8.42 Å². The van der Waals surface area contributed by atoms with Crippen molar-refractivity contribution in [3.05, 3.63) is 30.6 Å². The van der Waals surface area contributed by atoms with Gasteiger partial charge in [-0.3, -0.25) is 9.54 Å². The van der Waals surface area contributed by atoms with Gasteiger partial charge >= 0.3 is 0 Å². The number of hydrogen-bond donors (Lipinski definition) is 1. The Morgan fingerprint density at radius 2 is 1.69 bits per heavy atom. The fourth-order valence-corrected chi connectivity index (χ4v) is 0.313. The van der Waals surface area contributed by atoms with Crippen molar-refractivity contribution < 1.29 is 13.0 Å². The van der Waals surface area contributed by atoms with Crippen LogP contribution in [0.5, 0.6) is 0 Å². The van der Waals surface area contributed by atoms with E-state index in [9.17, 15) is 8.42 Å². The van der Waals surface area contributed by atoms with E-state index in [1.165, 1.54) is 6.92 Å². The third-order valence-electron chi connectivity index (χ3n) is 0.977. The number of hydrogen-bond acceptors (Lipinski definition) is 3. The Morgan fingerprint density at radius 1 is 1.31 bits per heavy atom. The van der Waals surface area contributed by atoms with E-state index in [0.717, 1.165) is 0 Å². The molecule has 0 saturated carbocycles. The molecular formula is C7H10BrNO3S. The van der Waals surface area contributed by atoms with Gasteiger partial charge in [-0.1, -0.05) is 22.0 Å². The summed E-state index contributed by atoms with van der Waals surface area (Å²) in [6, 6.07) is 5.72. The molecular weight excluding hydrogens is 258 g/mol. The van der Waals surface area contributed by atoms with E-state index >= 15 is 0 Å². The summed E-state index contributed by atoms with van der Waals surface area (Å²) in [4.78, 5) is 3.78. The van der Waals surface area contributed by atoms with Gasteiger partial charge in [0.15, 0.2) is 0 Å². The van der Waals surface area contributed by atoms with Crippen molar-refractivity contribution in [2.75, 3.05) is 0 Å². The maximum absolute atomic E-state index is 9.84. The number of rotatable bonds is 1. The van der Waals surface area contributed by atoms with E-state index in [1.807, 2.05) is 18.2 Å². The molecule has 1 aromatic rings. The Bertz CT molecular complexity index is 285. The van der Waals surface area contributed by atoms with Crippen LogP contribution in [-0.4, -0.2) is 22.1 Å². The Kier molecular flexibility index (Phi) is 5.85. The largest absolute Gasteiger partial charge is 0.285 e. The molecule has 0 aliphatic heterocycles. The summed E-state index contributed by atoms with van der Waals surface area (Å²) >= 11 is 2.66. The van der Waals surface area contributed by atoms with Crippen molar-refractivity contribution in [3.8, 4) is 0 Å². The highest BCUT2D eigenvalue weighted by Crippen LogP contribution is 2.03. The topological polar surface area (TPSA) is 67.3 Å². The molecule has 0 amide bonds. The SMILES string of the molecule is CC(Br)S(=O)(=O)O.c1ccncc1. The summed E-state index contributed by atoms with van der Waals surface area (Å²) in [6.07, 6.45) is 3.50. The molecule has 4 nitrogen and oxygen atoms in total. The van der Waals surface area contributed by atoms with E-state index in [2.05, 4.69) is 20.9 Å². The Labute approximate surface area is 85.9 Å². The van der Waals surface area contributed by atoms with E-state index in [1.54, 1.807) is 12.4 Å². The van der Waals surface area contributed by atoms with Crippen LogP contribution in [0, 0.1) is 0 Å². The van der Waals surface area contributed by atoms with E-state index in [0.29, 0.717) is 0 Å². The number of halogens is 1. The second kappa shape index (κ2) is 6.06. The predicted octanol–water partition coefficient (Wildman–Crippen LogP) is 1.70. The van der Waals surface area contributed by atoms with Crippen LogP contribution in [0.15, 0.2) is 30.6 Å². The normalized spacial score (nSPS) is 12.5. The summed E-state index contributed by atoms with van der Waals surface area (Å²) in [5.41, 5.74) is 0. The molecule has 1 unspecified atom stereocenters. The molecule has 0 spiro atoms. The van der Waals surface area contributed by atoms with Crippen molar-refractivity contribution in [1.29, 1.82) is 0 Å². The summed E-state index contributed by atoms with van der Waals surface area (Å²) < 4.78 is 26.8. The average Bonchev–Trinajstić information content (AvgIpc) is 2.07. The Hall–Kier alpha value is -0.460. The van der Waals surface area contributed by atoms with Crippen molar-refractivity contribution in [1.82, 2.24) is 4.98 Å². The van der Waals surface area contributed by atoms with Crippen LogP contribution >= 0.6 is 15.9 Å². The van der Waals surface area contributed by atoms with Crippen LogP contribution < -0.4 is 0 Å². The fraction of sp³-hybridized carbons (Fsp3) is 0.286. The van der Waals surface area contributed by atoms with Gasteiger partial charge in [0.2, 0.25) is 0 Å². The molecule has 0 bridgehead atoms. The molecule has 1 rings (SSSR count). The zero-order chi connectivity index (χ0) is 10.3. The molecule has 1 atom stereocenters. The maximum Gasteiger partial charge on any atom is 0.277 e. The van der Waals surface area contributed by atoms with Crippen molar-refractivity contribution in [2.24, 2.45) is 0 Å². The minimum absolute atomic E-state index is 0.861. The van der Waals surface area contributed by atoms with Crippen LogP contribution in [0.3, 0.4) is 0 Å². The van der Waals surface area contributed by atoms with Crippen LogP contribution in [-0.2, 0) is 10.1 Å². The van der Waals surface area contributed by atoms with Crippen molar-refractivity contribution in [3.63, 3.8) is 0 Å². The minimum atomic E-state index is -3.82. The zero-order valence-corrected chi connectivity index (χ0v) is 9.36. The van der Waals surface area contributed by atoms with Gasteiger partial charge in [0, 0.05) is 12.4 Å². The summed E-state index contributed by atoms with van der Waals surface area (Å²) in [6.45, 7) is 1.33. The quantitative estimate of drug-likeness (QED) is 0.621. The lowest BCUT2D eigenvalue weighted by atomic mass is 10.5. The summed E-state index contributed by atoms with van der Waals surface area (Å²) in [5, 5.41) is 0. The molecule has 1 aromatic heterocycles. The van der Waals surface area contributed by atoms with E-state index in [-0.39, 0.29) is 0 Å². The molecule has 0 radical (unpaired) electrons. The van der Waals surface area contributed by atoms with E-state index in [4.69, 9.17) is 4.55 Å². The molecule has 0 aromatic carbocycles. The van der Waals surface area contributed by atoms with Crippen LogP contribution in [0.2, 0.25) is 0 Å². The van der Waals surface area contributed by atoms with Gasteiger partial charge in [0.05, 0.1) is 0 Å². The van der Waals surface area contributed by atoms with Gasteiger partial charge in [-0.15, -0.1) is 0 Å². The van der Waals surface area contributed by atoms with E-state index < -0.39 is 14.3 Å². The van der Waals surface area contributed by atoms with Gasteiger partial charge < -0.3 is 0 Å². The standard InChI is InChI=1S/C5H5N.C2H5BrO3S/c1-2-4-6-5-3-1;1-2(3)7(4,5)6/h1-5H;2H,1H3,(H,4,5,6). The molecule has 1 N–H and O–H groups in total. The first-order chi connectivity index (χ1) is 5.94.